The maximum Gasteiger partial charge on any atom is 0.375 e. The summed E-state index contributed by atoms with van der Waals surface area (Å²) in [5.74, 6) is -1.53. The molecule has 0 aliphatic carbocycles. The first kappa shape index (κ1) is 18.4. The third-order valence-electron chi connectivity index (χ3n) is 3.79. The molecule has 0 saturated carbocycles. The Hall–Kier alpha value is -3.39. The molecule has 1 aromatic heterocycles. The van der Waals surface area contributed by atoms with Gasteiger partial charge in [-0.3, -0.25) is 14.9 Å². The van der Waals surface area contributed by atoms with Crippen LogP contribution in [-0.4, -0.2) is 23.4 Å². The Balaban J connectivity index is 1.68. The van der Waals surface area contributed by atoms with Gasteiger partial charge < -0.3 is 14.5 Å². The second kappa shape index (κ2) is 7.46. The van der Waals surface area contributed by atoms with Gasteiger partial charge in [0.2, 0.25) is 5.76 Å². The number of aryl methyl sites for hydroxylation is 1. The number of nitrogens with zero attached hydrogens (tertiary/aromatic N) is 1. The average molecular weight is 389 g/mol. The number of para-hydroxylation sites is 1. The Morgan fingerprint density at radius 3 is 2.70 bits per heavy atom. The molecule has 27 heavy (non-hydrogen) atoms. The summed E-state index contributed by atoms with van der Waals surface area (Å²) >= 11 is 5.72. The highest BCUT2D eigenvalue weighted by molar-refractivity contribution is 6.31. The number of ether oxygens (including phenoxy) is 1. The number of halogens is 1. The van der Waals surface area contributed by atoms with Crippen molar-refractivity contribution in [3.05, 3.63) is 68.9 Å². The van der Waals surface area contributed by atoms with Gasteiger partial charge in [-0.15, -0.1) is 0 Å². The van der Waals surface area contributed by atoms with Gasteiger partial charge in [0, 0.05) is 22.0 Å². The van der Waals surface area contributed by atoms with E-state index >= 15 is 0 Å². The first-order chi connectivity index (χ1) is 12.9. The van der Waals surface area contributed by atoms with E-state index < -0.39 is 23.4 Å². The maximum absolute atomic E-state index is 12.2. The summed E-state index contributed by atoms with van der Waals surface area (Å²) in [7, 11) is 0. The zero-order valence-corrected chi connectivity index (χ0v) is 14.8. The number of esters is 1. The van der Waals surface area contributed by atoms with Gasteiger partial charge in [0.25, 0.3) is 11.6 Å². The van der Waals surface area contributed by atoms with Crippen molar-refractivity contribution in [1.82, 2.24) is 0 Å². The molecule has 0 unspecified atom stereocenters. The van der Waals surface area contributed by atoms with Gasteiger partial charge in [-0.25, -0.2) is 4.79 Å². The van der Waals surface area contributed by atoms with Crippen LogP contribution in [0.2, 0.25) is 5.02 Å². The Kier molecular flexibility index (Phi) is 5.09. The lowest BCUT2D eigenvalue weighted by atomic mass is 10.1. The Labute approximate surface area is 157 Å². The molecule has 0 atom stereocenters. The summed E-state index contributed by atoms with van der Waals surface area (Å²) in [6.07, 6.45) is 0. The molecule has 2 aromatic carbocycles. The number of nitrogens with one attached hydrogen (secondary N) is 1. The van der Waals surface area contributed by atoms with Crippen molar-refractivity contribution >= 4 is 45.8 Å². The Morgan fingerprint density at radius 1 is 1.26 bits per heavy atom. The van der Waals surface area contributed by atoms with Crippen LogP contribution in [0.15, 0.2) is 46.9 Å². The van der Waals surface area contributed by atoms with Crippen molar-refractivity contribution in [2.24, 2.45) is 0 Å². The largest absolute Gasteiger partial charge is 0.450 e. The number of nitro benzene ring substituents is 1. The predicted octanol–water partition coefficient (Wildman–Crippen LogP) is 4.10. The van der Waals surface area contributed by atoms with E-state index in [0.717, 1.165) is 11.5 Å². The number of furan rings is 1. The summed E-state index contributed by atoms with van der Waals surface area (Å²) in [6.45, 7) is 1.08. The van der Waals surface area contributed by atoms with Crippen LogP contribution in [0.25, 0.3) is 11.0 Å². The van der Waals surface area contributed by atoms with Crippen molar-refractivity contribution < 1.29 is 23.7 Å². The number of nitro groups is 1. The summed E-state index contributed by atoms with van der Waals surface area (Å²) in [6, 6.07) is 10.9. The molecule has 0 aliphatic heterocycles. The number of amides is 1. The normalized spacial score (nSPS) is 10.6. The van der Waals surface area contributed by atoms with Crippen LogP contribution in [0.1, 0.15) is 16.1 Å². The van der Waals surface area contributed by atoms with Crippen LogP contribution < -0.4 is 5.32 Å². The molecule has 3 aromatic rings. The third kappa shape index (κ3) is 3.90. The highest BCUT2D eigenvalue weighted by Crippen LogP contribution is 2.28. The molecule has 9 heteroatoms. The lowest BCUT2D eigenvalue weighted by Gasteiger charge is -2.07. The van der Waals surface area contributed by atoms with E-state index in [1.807, 2.05) is 6.07 Å². The quantitative estimate of drug-likeness (QED) is 0.400. The summed E-state index contributed by atoms with van der Waals surface area (Å²) in [5, 5.41) is 14.3. The van der Waals surface area contributed by atoms with Crippen molar-refractivity contribution in [1.29, 1.82) is 0 Å². The molecular weight excluding hydrogens is 376 g/mol. The fourth-order valence-electron chi connectivity index (χ4n) is 2.51. The fourth-order valence-corrected chi connectivity index (χ4v) is 2.68. The van der Waals surface area contributed by atoms with Crippen molar-refractivity contribution in [3.63, 3.8) is 0 Å². The number of anilines is 1. The molecule has 1 heterocycles. The van der Waals surface area contributed by atoms with Gasteiger partial charge in [-0.05, 0) is 25.1 Å². The molecule has 0 radical (unpaired) electrons. The van der Waals surface area contributed by atoms with Gasteiger partial charge in [0.1, 0.15) is 11.3 Å². The molecule has 0 bridgehead atoms. The predicted molar refractivity (Wildman–Crippen MR) is 98.0 cm³/mol. The van der Waals surface area contributed by atoms with E-state index in [1.165, 1.54) is 12.1 Å². The molecular formula is C18H13ClN2O6. The minimum atomic E-state index is -0.801. The highest BCUT2D eigenvalue weighted by Gasteiger charge is 2.21. The van der Waals surface area contributed by atoms with Crippen molar-refractivity contribution in [2.75, 3.05) is 11.9 Å². The van der Waals surface area contributed by atoms with Gasteiger partial charge >= 0.3 is 5.97 Å². The first-order valence-corrected chi connectivity index (χ1v) is 8.13. The Bertz CT molecular complexity index is 1060. The molecule has 3 rings (SSSR count). The SMILES string of the molecule is Cc1c(C(=O)OCC(=O)Nc2ccc(Cl)cc2[N+](=O)[O-])oc2ccccc12. The van der Waals surface area contributed by atoms with Crippen molar-refractivity contribution in [2.45, 2.75) is 6.92 Å². The monoisotopic (exact) mass is 388 g/mol. The molecule has 138 valence electrons. The van der Waals surface area contributed by atoms with Crippen LogP contribution in [0.4, 0.5) is 11.4 Å². The van der Waals surface area contributed by atoms with Crippen molar-refractivity contribution in [3.8, 4) is 0 Å². The van der Waals surface area contributed by atoms with Crippen LogP contribution in [0, 0.1) is 17.0 Å². The topological polar surface area (TPSA) is 112 Å². The average Bonchev–Trinajstić information content (AvgIpc) is 2.98. The maximum atomic E-state index is 12.2. The minimum Gasteiger partial charge on any atom is -0.450 e. The van der Waals surface area contributed by atoms with Gasteiger partial charge in [-0.2, -0.15) is 0 Å². The summed E-state index contributed by atoms with van der Waals surface area (Å²) in [5.41, 5.74) is 0.716. The molecule has 8 nitrogen and oxygen atoms in total. The van der Waals surface area contributed by atoms with E-state index in [2.05, 4.69) is 5.32 Å². The minimum absolute atomic E-state index is 0.00136. The number of fused-ring (bicyclic) bond motifs is 1. The zero-order chi connectivity index (χ0) is 19.6. The number of rotatable bonds is 5. The van der Waals surface area contributed by atoms with Crippen LogP contribution >= 0.6 is 11.6 Å². The first-order valence-electron chi connectivity index (χ1n) is 7.76. The number of hydrogen-bond acceptors (Lipinski definition) is 6. The smallest absolute Gasteiger partial charge is 0.375 e. The number of carbonyl (C=O) groups excluding carboxylic acids is 2. The van der Waals surface area contributed by atoms with E-state index in [1.54, 1.807) is 25.1 Å². The number of hydrogen-bond donors (Lipinski definition) is 1. The van der Waals surface area contributed by atoms with Crippen LogP contribution in [-0.2, 0) is 9.53 Å². The lowest BCUT2D eigenvalue weighted by Crippen LogP contribution is -2.21. The molecule has 0 aliphatic rings. The molecule has 0 fully saturated rings. The second-order valence-corrected chi connectivity index (χ2v) is 6.03. The van der Waals surface area contributed by atoms with E-state index in [0.29, 0.717) is 11.1 Å². The molecule has 1 amide bonds. The summed E-state index contributed by atoms with van der Waals surface area (Å²) in [4.78, 5) is 34.5. The van der Waals surface area contributed by atoms with Gasteiger partial charge in [0.05, 0.1) is 4.92 Å². The molecule has 0 saturated heterocycles. The van der Waals surface area contributed by atoms with Crippen LogP contribution in [0.3, 0.4) is 0 Å². The van der Waals surface area contributed by atoms with E-state index in [4.69, 9.17) is 20.8 Å². The van der Waals surface area contributed by atoms with E-state index in [-0.39, 0.29) is 22.2 Å². The molecule has 0 spiro atoms. The third-order valence-corrected chi connectivity index (χ3v) is 4.03. The standard InChI is InChI=1S/C18H13ClN2O6/c1-10-12-4-2-3-5-15(12)27-17(10)18(23)26-9-16(22)20-13-7-6-11(19)8-14(13)21(24)25/h2-8H,9H2,1H3,(H,20,22). The number of benzene rings is 2. The lowest BCUT2D eigenvalue weighted by molar-refractivity contribution is -0.383. The molecule has 1 N–H and O–H groups in total. The van der Waals surface area contributed by atoms with Gasteiger partial charge in [-0.1, -0.05) is 29.8 Å². The fraction of sp³-hybridized carbons (Fsp3) is 0.111. The van der Waals surface area contributed by atoms with E-state index in [9.17, 15) is 19.7 Å². The summed E-state index contributed by atoms with van der Waals surface area (Å²) < 4.78 is 10.4. The Morgan fingerprint density at radius 2 is 2.00 bits per heavy atom. The zero-order valence-electron chi connectivity index (χ0n) is 14.0. The number of carbonyl (C=O) groups is 2. The van der Waals surface area contributed by atoms with Crippen LogP contribution in [0.5, 0.6) is 0 Å². The second-order valence-electron chi connectivity index (χ2n) is 5.60. The highest BCUT2D eigenvalue weighted by atomic mass is 35.5. The van der Waals surface area contributed by atoms with Gasteiger partial charge in [0.15, 0.2) is 6.61 Å².